The molecule has 0 aromatic heterocycles. The van der Waals surface area contributed by atoms with Crippen molar-refractivity contribution in [2.24, 2.45) is 0 Å². The summed E-state index contributed by atoms with van der Waals surface area (Å²) in [6.07, 6.45) is -1.29. The third-order valence-corrected chi connectivity index (χ3v) is 3.37. The van der Waals surface area contributed by atoms with Gasteiger partial charge >= 0.3 is 5.97 Å². The molecule has 23 heavy (non-hydrogen) atoms. The molecule has 0 amide bonds. The van der Waals surface area contributed by atoms with E-state index in [-0.39, 0.29) is 12.1 Å². The predicted molar refractivity (Wildman–Crippen MR) is 80.8 cm³/mol. The molecule has 0 saturated carbocycles. The van der Waals surface area contributed by atoms with E-state index in [1.54, 1.807) is 24.3 Å². The smallest absolute Gasteiger partial charge is 0.337 e. The van der Waals surface area contributed by atoms with Gasteiger partial charge in [-0.05, 0) is 29.8 Å². The predicted octanol–water partition coefficient (Wildman–Crippen LogP) is 2.57. The first-order chi connectivity index (χ1) is 11.0. The Hall–Kier alpha value is -2.31. The first-order valence-electron chi connectivity index (χ1n) is 7.03. The van der Waals surface area contributed by atoms with Crippen molar-refractivity contribution >= 4 is 5.97 Å². The third kappa shape index (κ3) is 4.34. The van der Waals surface area contributed by atoms with Crippen LogP contribution >= 0.6 is 0 Å². The fraction of sp³-hybridized carbons (Fsp3) is 0.235. The van der Waals surface area contributed by atoms with E-state index in [4.69, 9.17) is 0 Å². The summed E-state index contributed by atoms with van der Waals surface area (Å²) in [7, 11) is 1.31. The molecule has 122 valence electrons. The van der Waals surface area contributed by atoms with Crippen molar-refractivity contribution in [3.05, 3.63) is 70.8 Å². The maximum absolute atomic E-state index is 13.5. The van der Waals surface area contributed by atoms with E-state index >= 15 is 0 Å². The summed E-state index contributed by atoms with van der Waals surface area (Å²) < 4.78 is 31.7. The van der Waals surface area contributed by atoms with Crippen LogP contribution in [0, 0.1) is 11.6 Å². The Morgan fingerprint density at radius 2 is 1.78 bits per heavy atom. The Morgan fingerprint density at radius 1 is 1.17 bits per heavy atom. The average molecular weight is 321 g/mol. The lowest BCUT2D eigenvalue weighted by Gasteiger charge is -2.14. The van der Waals surface area contributed by atoms with Gasteiger partial charge in [0.15, 0.2) is 0 Å². The second kappa shape index (κ2) is 7.80. The van der Waals surface area contributed by atoms with Crippen LogP contribution in [0.1, 0.15) is 27.6 Å². The minimum Gasteiger partial charge on any atom is -0.465 e. The number of carbonyl (C=O) groups is 1. The summed E-state index contributed by atoms with van der Waals surface area (Å²) in [6, 6.07) is 10.2. The molecule has 0 radical (unpaired) electrons. The molecular formula is C17H17F2NO3. The zero-order valence-corrected chi connectivity index (χ0v) is 12.6. The first-order valence-corrected chi connectivity index (χ1v) is 7.03. The van der Waals surface area contributed by atoms with Gasteiger partial charge in [0.1, 0.15) is 11.6 Å². The fourth-order valence-electron chi connectivity index (χ4n) is 2.16. The molecule has 2 N–H and O–H groups in total. The Labute approximate surface area is 132 Å². The van der Waals surface area contributed by atoms with Crippen LogP contribution in [0.25, 0.3) is 0 Å². The number of esters is 1. The quantitative estimate of drug-likeness (QED) is 0.803. The van der Waals surface area contributed by atoms with Crippen molar-refractivity contribution in [3.63, 3.8) is 0 Å². The molecular weight excluding hydrogens is 304 g/mol. The normalized spacial score (nSPS) is 12.0. The van der Waals surface area contributed by atoms with Crippen molar-refractivity contribution in [1.29, 1.82) is 0 Å². The summed E-state index contributed by atoms with van der Waals surface area (Å²) in [4.78, 5) is 11.3. The van der Waals surface area contributed by atoms with Crippen molar-refractivity contribution < 1.29 is 23.4 Å². The first kappa shape index (κ1) is 17.1. The average Bonchev–Trinajstić information content (AvgIpc) is 2.54. The molecule has 4 nitrogen and oxygen atoms in total. The minimum atomic E-state index is -1.29. The minimum absolute atomic E-state index is 0.00337. The van der Waals surface area contributed by atoms with Gasteiger partial charge in [-0.3, -0.25) is 0 Å². The standard InChI is InChI=1S/C17H17F2NO3/c1-23-17(22)12-7-5-11(6-8-12)9-20-10-15(21)16-13(18)3-2-4-14(16)19/h2-8,15,20-21H,9-10H2,1H3. The fourth-order valence-corrected chi connectivity index (χ4v) is 2.16. The van der Waals surface area contributed by atoms with Gasteiger partial charge in [-0.15, -0.1) is 0 Å². The maximum Gasteiger partial charge on any atom is 0.337 e. The molecule has 0 aliphatic carbocycles. The zero-order valence-electron chi connectivity index (χ0n) is 12.6. The van der Waals surface area contributed by atoms with E-state index in [2.05, 4.69) is 10.1 Å². The van der Waals surface area contributed by atoms with E-state index < -0.39 is 23.7 Å². The van der Waals surface area contributed by atoms with Crippen LogP contribution in [-0.4, -0.2) is 24.7 Å². The Balaban J connectivity index is 1.91. The number of hydrogen-bond acceptors (Lipinski definition) is 4. The number of nitrogens with one attached hydrogen (secondary N) is 1. The van der Waals surface area contributed by atoms with Gasteiger partial charge in [-0.2, -0.15) is 0 Å². The molecule has 0 aliphatic heterocycles. The van der Waals surface area contributed by atoms with Gasteiger partial charge in [-0.25, -0.2) is 13.6 Å². The van der Waals surface area contributed by atoms with Gasteiger partial charge in [-0.1, -0.05) is 18.2 Å². The number of rotatable bonds is 6. The molecule has 0 fully saturated rings. The van der Waals surface area contributed by atoms with Crippen molar-refractivity contribution in [2.45, 2.75) is 12.6 Å². The third-order valence-electron chi connectivity index (χ3n) is 3.37. The Kier molecular flexibility index (Phi) is 5.78. The van der Waals surface area contributed by atoms with E-state index in [0.29, 0.717) is 12.1 Å². The number of aliphatic hydroxyl groups is 1. The molecule has 0 heterocycles. The van der Waals surface area contributed by atoms with Crippen LogP contribution in [-0.2, 0) is 11.3 Å². The number of aliphatic hydroxyl groups excluding tert-OH is 1. The molecule has 0 aliphatic rings. The molecule has 2 aromatic rings. The Morgan fingerprint density at radius 3 is 2.35 bits per heavy atom. The second-order valence-electron chi connectivity index (χ2n) is 4.97. The van der Waals surface area contributed by atoms with Crippen molar-refractivity contribution in [3.8, 4) is 0 Å². The zero-order chi connectivity index (χ0) is 16.8. The summed E-state index contributed by atoms with van der Waals surface area (Å²) in [5, 5.41) is 12.8. The number of ether oxygens (including phenoxy) is 1. The van der Waals surface area contributed by atoms with E-state index in [0.717, 1.165) is 17.7 Å². The molecule has 2 aromatic carbocycles. The van der Waals surface area contributed by atoms with Crippen molar-refractivity contribution in [2.75, 3.05) is 13.7 Å². The lowest BCUT2D eigenvalue weighted by atomic mass is 10.1. The highest BCUT2D eigenvalue weighted by Crippen LogP contribution is 2.20. The lowest BCUT2D eigenvalue weighted by molar-refractivity contribution is 0.0600. The van der Waals surface area contributed by atoms with Crippen LogP contribution in [0.4, 0.5) is 8.78 Å². The molecule has 2 rings (SSSR count). The topological polar surface area (TPSA) is 58.6 Å². The van der Waals surface area contributed by atoms with Crippen molar-refractivity contribution in [1.82, 2.24) is 5.32 Å². The number of benzene rings is 2. The molecule has 1 unspecified atom stereocenters. The van der Waals surface area contributed by atoms with Crippen LogP contribution in [0.3, 0.4) is 0 Å². The maximum atomic E-state index is 13.5. The number of hydrogen-bond donors (Lipinski definition) is 2. The van der Waals surface area contributed by atoms with E-state index in [1.165, 1.54) is 13.2 Å². The van der Waals surface area contributed by atoms with E-state index in [1.807, 2.05) is 0 Å². The lowest BCUT2D eigenvalue weighted by Crippen LogP contribution is -2.22. The second-order valence-corrected chi connectivity index (χ2v) is 4.97. The number of halogens is 2. The monoisotopic (exact) mass is 321 g/mol. The summed E-state index contributed by atoms with van der Waals surface area (Å²) in [5.74, 6) is -1.97. The van der Waals surface area contributed by atoms with E-state index in [9.17, 15) is 18.7 Å². The SMILES string of the molecule is COC(=O)c1ccc(CNCC(O)c2c(F)cccc2F)cc1. The Bertz CT molecular complexity index is 654. The molecule has 1 atom stereocenters. The molecule has 6 heteroatoms. The van der Waals surface area contributed by atoms with Gasteiger partial charge < -0.3 is 15.2 Å². The van der Waals surface area contributed by atoms with Crippen LogP contribution in [0.15, 0.2) is 42.5 Å². The highest BCUT2D eigenvalue weighted by atomic mass is 19.1. The highest BCUT2D eigenvalue weighted by molar-refractivity contribution is 5.89. The molecule has 0 spiro atoms. The summed E-state index contributed by atoms with van der Waals surface area (Å²) in [6.45, 7) is 0.380. The molecule has 0 saturated heterocycles. The number of carbonyl (C=O) groups excluding carboxylic acids is 1. The van der Waals surface area contributed by atoms with Crippen LogP contribution < -0.4 is 5.32 Å². The van der Waals surface area contributed by atoms with Gasteiger partial charge in [0, 0.05) is 13.1 Å². The van der Waals surface area contributed by atoms with Gasteiger partial charge in [0.2, 0.25) is 0 Å². The van der Waals surface area contributed by atoms with Crippen LogP contribution in [0.5, 0.6) is 0 Å². The summed E-state index contributed by atoms with van der Waals surface area (Å²) >= 11 is 0. The largest absolute Gasteiger partial charge is 0.465 e. The van der Waals surface area contributed by atoms with Gasteiger partial charge in [0.25, 0.3) is 0 Å². The summed E-state index contributed by atoms with van der Waals surface area (Å²) in [5.41, 5.74) is 0.949. The van der Waals surface area contributed by atoms with Gasteiger partial charge in [0.05, 0.1) is 24.3 Å². The number of methoxy groups -OCH3 is 1. The molecule has 0 bridgehead atoms. The van der Waals surface area contributed by atoms with Crippen LogP contribution in [0.2, 0.25) is 0 Å². The highest BCUT2D eigenvalue weighted by Gasteiger charge is 2.17.